The van der Waals surface area contributed by atoms with Crippen molar-refractivity contribution in [2.75, 3.05) is 0 Å². The van der Waals surface area contributed by atoms with Crippen molar-refractivity contribution in [2.45, 2.75) is 33.7 Å². The van der Waals surface area contributed by atoms with Crippen LogP contribution in [0.4, 0.5) is 0 Å². The van der Waals surface area contributed by atoms with E-state index in [4.69, 9.17) is 0 Å². The molecule has 12 heavy (non-hydrogen) atoms. The third kappa shape index (κ3) is 1.68. The maximum Gasteiger partial charge on any atom is 0.0493 e. The Bertz CT molecular complexity index is 218. The van der Waals surface area contributed by atoms with Crippen LogP contribution in [0.1, 0.15) is 27.2 Å². The van der Waals surface area contributed by atoms with Crippen molar-refractivity contribution < 1.29 is 0 Å². The quantitative estimate of drug-likeness (QED) is 0.592. The first-order valence-corrected chi connectivity index (χ1v) is 7.09. The van der Waals surface area contributed by atoms with Gasteiger partial charge in [-0.25, -0.2) is 0 Å². The second-order valence-corrected chi connectivity index (χ2v) is 5.17. The highest BCUT2D eigenvalue weighted by molar-refractivity contribution is 6.45. The molecule has 2 atom stereocenters. The summed E-state index contributed by atoms with van der Waals surface area (Å²) in [7, 11) is 0.0181. The summed E-state index contributed by atoms with van der Waals surface area (Å²) in [5, 5.41) is 1.63. The van der Waals surface area contributed by atoms with Crippen LogP contribution < -0.4 is 0 Å². The molecule has 2 heteroatoms. The number of nitrogens with zero attached hydrogens (tertiary/aromatic N) is 1. The standard InChI is InChI=1S/C10H19NSi/c1-5-7(2)10-8(3)9(12-4)6-11-10/h6-8H,5,12H2,1-4H3/t7-,8?/m0/s1. The zero-order valence-electron chi connectivity index (χ0n) is 8.59. The van der Waals surface area contributed by atoms with E-state index < -0.39 is 0 Å². The van der Waals surface area contributed by atoms with Gasteiger partial charge in [-0.15, -0.1) is 0 Å². The van der Waals surface area contributed by atoms with Gasteiger partial charge in [0.2, 0.25) is 0 Å². The molecule has 1 nitrogen and oxygen atoms in total. The van der Waals surface area contributed by atoms with Gasteiger partial charge in [0.05, 0.1) is 0 Å². The van der Waals surface area contributed by atoms with Crippen LogP contribution in [0.2, 0.25) is 6.55 Å². The molecule has 0 fully saturated rings. The minimum atomic E-state index is 0.0181. The summed E-state index contributed by atoms with van der Waals surface area (Å²) in [4.78, 5) is 4.53. The summed E-state index contributed by atoms with van der Waals surface area (Å²) in [5.41, 5.74) is 1.42. The highest BCUT2D eigenvalue weighted by atomic mass is 28.2. The van der Waals surface area contributed by atoms with Gasteiger partial charge in [0, 0.05) is 27.3 Å². The van der Waals surface area contributed by atoms with E-state index in [1.165, 1.54) is 12.1 Å². The maximum absolute atomic E-state index is 4.53. The lowest BCUT2D eigenvalue weighted by Crippen LogP contribution is -2.18. The van der Waals surface area contributed by atoms with Crippen LogP contribution in [-0.4, -0.2) is 15.2 Å². The largest absolute Gasteiger partial charge is 0.265 e. The Morgan fingerprint density at radius 3 is 2.75 bits per heavy atom. The van der Waals surface area contributed by atoms with Crippen molar-refractivity contribution in [3.05, 3.63) is 11.4 Å². The summed E-state index contributed by atoms with van der Waals surface area (Å²) < 4.78 is 0. The Balaban J connectivity index is 2.64. The Hall–Kier alpha value is -0.373. The third-order valence-electron chi connectivity index (χ3n) is 2.90. The van der Waals surface area contributed by atoms with E-state index in [0.29, 0.717) is 11.8 Å². The molecule has 0 saturated carbocycles. The normalized spacial score (nSPS) is 26.2. The van der Waals surface area contributed by atoms with E-state index in [1.54, 1.807) is 5.20 Å². The van der Waals surface area contributed by atoms with Crippen molar-refractivity contribution in [3.8, 4) is 0 Å². The van der Waals surface area contributed by atoms with Gasteiger partial charge in [-0.1, -0.05) is 32.5 Å². The molecule has 0 aromatic rings. The monoisotopic (exact) mass is 181 g/mol. The van der Waals surface area contributed by atoms with Crippen LogP contribution in [0.15, 0.2) is 16.4 Å². The van der Waals surface area contributed by atoms with Crippen LogP contribution in [-0.2, 0) is 0 Å². The predicted octanol–water partition coefficient (Wildman–Crippen LogP) is 2.18. The fraction of sp³-hybridized carbons (Fsp3) is 0.700. The molecule has 0 bridgehead atoms. The fourth-order valence-electron chi connectivity index (χ4n) is 1.73. The fourth-order valence-corrected chi connectivity index (χ4v) is 2.83. The van der Waals surface area contributed by atoms with Gasteiger partial charge in [-0.2, -0.15) is 0 Å². The lowest BCUT2D eigenvalue weighted by Gasteiger charge is -2.15. The van der Waals surface area contributed by atoms with Gasteiger partial charge in [-0.05, 0) is 12.3 Å². The molecular formula is C10H19NSi. The van der Waals surface area contributed by atoms with Crippen LogP contribution >= 0.6 is 0 Å². The molecular weight excluding hydrogens is 162 g/mol. The molecule has 0 aromatic carbocycles. The molecule has 0 aromatic heterocycles. The number of hydrogen-bond donors (Lipinski definition) is 0. The van der Waals surface area contributed by atoms with Crippen molar-refractivity contribution in [3.63, 3.8) is 0 Å². The van der Waals surface area contributed by atoms with Crippen LogP contribution in [0.3, 0.4) is 0 Å². The van der Waals surface area contributed by atoms with Gasteiger partial charge in [0.1, 0.15) is 0 Å². The first-order chi connectivity index (χ1) is 5.70. The Kier molecular flexibility index (Phi) is 3.26. The second kappa shape index (κ2) is 4.03. The Labute approximate surface area is 77.8 Å². The first-order valence-electron chi connectivity index (χ1n) is 4.97. The lowest BCUT2D eigenvalue weighted by molar-refractivity contribution is 0.706. The molecule has 0 aliphatic carbocycles. The third-order valence-corrected chi connectivity index (χ3v) is 4.52. The topological polar surface area (TPSA) is 12.4 Å². The highest BCUT2D eigenvalue weighted by Crippen LogP contribution is 2.24. The Morgan fingerprint density at radius 1 is 1.67 bits per heavy atom. The SMILES string of the molecule is CC[C@H](C)C1=NC=C([SiH2]C)C1C. The van der Waals surface area contributed by atoms with Gasteiger partial charge in [0.15, 0.2) is 0 Å². The molecule has 0 saturated heterocycles. The molecule has 0 radical (unpaired) electrons. The van der Waals surface area contributed by atoms with E-state index in [1.807, 2.05) is 0 Å². The molecule has 0 N–H and O–H groups in total. The molecule has 0 spiro atoms. The molecule has 1 heterocycles. The zero-order valence-corrected chi connectivity index (χ0v) is 10.0. The Morgan fingerprint density at radius 2 is 2.33 bits per heavy atom. The van der Waals surface area contributed by atoms with E-state index in [9.17, 15) is 0 Å². The van der Waals surface area contributed by atoms with E-state index in [0.717, 1.165) is 0 Å². The minimum absolute atomic E-state index is 0.0181. The predicted molar refractivity (Wildman–Crippen MR) is 58.5 cm³/mol. The summed E-state index contributed by atoms with van der Waals surface area (Å²) in [6.07, 6.45) is 3.34. The van der Waals surface area contributed by atoms with Gasteiger partial charge >= 0.3 is 0 Å². The van der Waals surface area contributed by atoms with Crippen LogP contribution in [0.25, 0.3) is 0 Å². The summed E-state index contributed by atoms with van der Waals surface area (Å²) in [6.45, 7) is 9.17. The average molecular weight is 181 g/mol. The molecule has 68 valence electrons. The van der Waals surface area contributed by atoms with Gasteiger partial charge in [-0.3, -0.25) is 4.99 Å². The van der Waals surface area contributed by atoms with Crippen molar-refractivity contribution in [2.24, 2.45) is 16.8 Å². The summed E-state index contributed by atoms with van der Waals surface area (Å²) >= 11 is 0. The first kappa shape index (κ1) is 9.71. The van der Waals surface area contributed by atoms with Crippen molar-refractivity contribution >= 4 is 15.2 Å². The minimum Gasteiger partial charge on any atom is -0.265 e. The second-order valence-electron chi connectivity index (χ2n) is 3.64. The number of rotatable bonds is 3. The van der Waals surface area contributed by atoms with Gasteiger partial charge in [0.25, 0.3) is 0 Å². The lowest BCUT2D eigenvalue weighted by atomic mass is 9.94. The number of aliphatic imine (C=N–C) groups is 1. The van der Waals surface area contributed by atoms with Crippen LogP contribution in [0.5, 0.6) is 0 Å². The smallest absolute Gasteiger partial charge is 0.0493 e. The zero-order chi connectivity index (χ0) is 9.14. The summed E-state index contributed by atoms with van der Waals surface area (Å²) in [6, 6.07) is 0. The average Bonchev–Trinajstić information content (AvgIpc) is 2.45. The maximum atomic E-state index is 4.53. The molecule has 1 unspecified atom stereocenters. The van der Waals surface area contributed by atoms with E-state index in [2.05, 4.69) is 38.5 Å². The van der Waals surface area contributed by atoms with Gasteiger partial charge < -0.3 is 0 Å². The van der Waals surface area contributed by atoms with Crippen molar-refractivity contribution in [1.82, 2.24) is 0 Å². The van der Waals surface area contributed by atoms with Crippen LogP contribution in [0, 0.1) is 11.8 Å². The number of hydrogen-bond acceptors (Lipinski definition) is 1. The molecule has 1 aliphatic heterocycles. The molecule has 1 rings (SSSR count). The van der Waals surface area contributed by atoms with Crippen molar-refractivity contribution in [1.29, 1.82) is 0 Å². The molecule has 1 aliphatic rings. The number of allylic oxidation sites excluding steroid dienone is 1. The summed E-state index contributed by atoms with van der Waals surface area (Å²) in [5.74, 6) is 1.34. The van der Waals surface area contributed by atoms with E-state index >= 15 is 0 Å². The van der Waals surface area contributed by atoms with E-state index in [-0.39, 0.29) is 9.52 Å². The molecule has 0 amide bonds. The highest BCUT2D eigenvalue weighted by Gasteiger charge is 2.22.